The first kappa shape index (κ1) is 17.5. The molecule has 0 aliphatic rings. The van der Waals surface area contributed by atoms with Crippen molar-refractivity contribution in [1.29, 1.82) is 0 Å². The number of ether oxygens (including phenoxy) is 1. The summed E-state index contributed by atoms with van der Waals surface area (Å²) in [6.45, 7) is 1.84. The molecule has 0 aliphatic heterocycles. The number of pyridine rings is 2. The number of nitrogens with zero attached hydrogens (tertiary/aromatic N) is 4. The highest BCUT2D eigenvalue weighted by molar-refractivity contribution is 7.18. The fourth-order valence-corrected chi connectivity index (χ4v) is 4.55. The average Bonchev–Trinajstić information content (AvgIpc) is 3.25. The van der Waals surface area contributed by atoms with E-state index in [0.29, 0.717) is 29.2 Å². The van der Waals surface area contributed by atoms with Crippen molar-refractivity contribution >= 4 is 44.7 Å². The highest BCUT2D eigenvalue weighted by Crippen LogP contribution is 2.27. The standard InChI is InChI=1S/C18H15N5O2S2/c1-10-17(18(24)21-11-3-4-15(25-2)20-8-11)14(27-23-10)7-16-22-12-9-19-6-5-13(12)26-16/h3-6,8-9H,7H2,1-2H3,(H,21,24). The molecule has 0 saturated heterocycles. The molecule has 0 bridgehead atoms. The van der Waals surface area contributed by atoms with Crippen molar-refractivity contribution in [2.45, 2.75) is 13.3 Å². The molecular weight excluding hydrogens is 382 g/mol. The summed E-state index contributed by atoms with van der Waals surface area (Å²) in [7, 11) is 1.55. The van der Waals surface area contributed by atoms with Crippen molar-refractivity contribution in [3.8, 4) is 5.88 Å². The Bertz CT molecular complexity index is 1070. The van der Waals surface area contributed by atoms with Gasteiger partial charge in [0.15, 0.2) is 0 Å². The van der Waals surface area contributed by atoms with Crippen LogP contribution in [0.15, 0.2) is 36.8 Å². The molecule has 27 heavy (non-hydrogen) atoms. The normalized spacial score (nSPS) is 10.9. The molecule has 7 nitrogen and oxygen atoms in total. The van der Waals surface area contributed by atoms with Gasteiger partial charge in [-0.1, -0.05) is 0 Å². The van der Waals surface area contributed by atoms with E-state index in [2.05, 4.69) is 24.6 Å². The first-order valence-corrected chi connectivity index (χ1v) is 9.69. The highest BCUT2D eigenvalue weighted by atomic mass is 32.1. The number of aromatic nitrogens is 4. The molecule has 0 unspecified atom stereocenters. The minimum absolute atomic E-state index is 0.203. The van der Waals surface area contributed by atoms with E-state index in [4.69, 9.17) is 4.74 Å². The molecule has 4 heterocycles. The highest BCUT2D eigenvalue weighted by Gasteiger charge is 2.20. The van der Waals surface area contributed by atoms with Crippen LogP contribution in [0.2, 0.25) is 0 Å². The van der Waals surface area contributed by atoms with Crippen molar-refractivity contribution in [2.24, 2.45) is 0 Å². The summed E-state index contributed by atoms with van der Waals surface area (Å²) >= 11 is 2.93. The van der Waals surface area contributed by atoms with E-state index in [1.54, 1.807) is 49.2 Å². The molecule has 0 fully saturated rings. The van der Waals surface area contributed by atoms with Gasteiger partial charge in [-0.3, -0.25) is 9.78 Å². The minimum atomic E-state index is -0.203. The van der Waals surface area contributed by atoms with Gasteiger partial charge in [-0.05, 0) is 30.6 Å². The molecule has 0 atom stereocenters. The summed E-state index contributed by atoms with van der Waals surface area (Å²) in [4.78, 5) is 26.5. The number of hydrogen-bond donors (Lipinski definition) is 1. The van der Waals surface area contributed by atoms with Crippen molar-refractivity contribution < 1.29 is 9.53 Å². The Morgan fingerprint density at radius 1 is 1.26 bits per heavy atom. The average molecular weight is 397 g/mol. The number of carbonyl (C=O) groups excluding carboxylic acids is 1. The molecule has 136 valence electrons. The zero-order valence-electron chi connectivity index (χ0n) is 14.6. The Hall–Kier alpha value is -2.91. The maximum atomic E-state index is 12.8. The van der Waals surface area contributed by atoms with Crippen LogP contribution in [0.1, 0.15) is 25.9 Å². The predicted octanol–water partition coefficient (Wildman–Crippen LogP) is 3.70. The maximum absolute atomic E-state index is 12.8. The lowest BCUT2D eigenvalue weighted by Gasteiger charge is -2.06. The van der Waals surface area contributed by atoms with Crippen LogP contribution in [0, 0.1) is 6.92 Å². The number of nitrogens with one attached hydrogen (secondary N) is 1. The zero-order chi connectivity index (χ0) is 18.8. The van der Waals surface area contributed by atoms with Gasteiger partial charge in [0.25, 0.3) is 5.91 Å². The van der Waals surface area contributed by atoms with Gasteiger partial charge in [0.1, 0.15) is 0 Å². The summed E-state index contributed by atoms with van der Waals surface area (Å²) in [5.41, 5.74) is 2.77. The molecule has 4 aromatic rings. The van der Waals surface area contributed by atoms with E-state index in [-0.39, 0.29) is 5.91 Å². The topological polar surface area (TPSA) is 89.9 Å². The van der Waals surface area contributed by atoms with Crippen molar-refractivity contribution in [2.75, 3.05) is 12.4 Å². The van der Waals surface area contributed by atoms with E-state index in [1.165, 1.54) is 11.5 Å². The monoisotopic (exact) mass is 397 g/mol. The smallest absolute Gasteiger partial charge is 0.258 e. The van der Waals surface area contributed by atoms with E-state index >= 15 is 0 Å². The van der Waals surface area contributed by atoms with Gasteiger partial charge in [0, 0.05) is 23.6 Å². The Balaban J connectivity index is 1.57. The second-order valence-electron chi connectivity index (χ2n) is 5.74. The molecule has 0 aromatic carbocycles. The first-order valence-electron chi connectivity index (χ1n) is 8.10. The third-order valence-corrected chi connectivity index (χ3v) is 5.88. The van der Waals surface area contributed by atoms with Crippen molar-refractivity contribution in [1.82, 2.24) is 19.3 Å². The van der Waals surface area contributed by atoms with Gasteiger partial charge >= 0.3 is 0 Å². The SMILES string of the molecule is COc1ccc(NC(=O)c2c(C)nsc2Cc2nc3cnccc3s2)cn1. The second-order valence-corrected chi connectivity index (χ2v) is 7.71. The number of anilines is 1. The van der Waals surface area contributed by atoms with Crippen LogP contribution in [0.3, 0.4) is 0 Å². The molecule has 0 radical (unpaired) electrons. The van der Waals surface area contributed by atoms with Crippen molar-refractivity contribution in [3.05, 3.63) is 57.9 Å². The zero-order valence-corrected chi connectivity index (χ0v) is 16.2. The largest absolute Gasteiger partial charge is 0.481 e. The molecule has 4 aromatic heterocycles. The Labute approximate surface area is 163 Å². The van der Waals surface area contributed by atoms with E-state index in [1.807, 2.05) is 13.0 Å². The molecule has 0 aliphatic carbocycles. The number of rotatable bonds is 5. The third kappa shape index (κ3) is 3.64. The van der Waals surface area contributed by atoms with Crippen LogP contribution < -0.4 is 10.1 Å². The number of carbonyl (C=O) groups is 1. The summed E-state index contributed by atoms with van der Waals surface area (Å²) in [6, 6.07) is 5.39. The molecule has 1 N–H and O–H groups in total. The van der Waals surface area contributed by atoms with Gasteiger partial charge in [-0.2, -0.15) is 4.37 Å². The fraction of sp³-hybridized carbons (Fsp3) is 0.167. The number of amides is 1. The minimum Gasteiger partial charge on any atom is -0.481 e. The molecule has 1 amide bonds. The number of thiazole rings is 1. The lowest BCUT2D eigenvalue weighted by atomic mass is 10.1. The molecule has 0 spiro atoms. The summed E-state index contributed by atoms with van der Waals surface area (Å²) in [5.74, 6) is 0.290. The van der Waals surface area contributed by atoms with Gasteiger partial charge in [0.05, 0.1) is 51.7 Å². The van der Waals surface area contributed by atoms with Crippen LogP contribution in [0.5, 0.6) is 5.88 Å². The van der Waals surface area contributed by atoms with E-state index in [0.717, 1.165) is 20.1 Å². The Kier molecular flexibility index (Phi) is 4.78. The predicted molar refractivity (Wildman–Crippen MR) is 106 cm³/mol. The molecule has 9 heteroatoms. The summed E-state index contributed by atoms with van der Waals surface area (Å²) in [5, 5.41) is 3.80. The summed E-state index contributed by atoms with van der Waals surface area (Å²) in [6.07, 6.45) is 5.63. The van der Waals surface area contributed by atoms with Crippen LogP contribution in [-0.2, 0) is 6.42 Å². The third-order valence-electron chi connectivity index (χ3n) is 3.91. The Morgan fingerprint density at radius 2 is 2.15 bits per heavy atom. The molecule has 0 saturated carbocycles. The molecule has 4 rings (SSSR count). The number of methoxy groups -OCH3 is 1. The lowest BCUT2D eigenvalue weighted by Crippen LogP contribution is -2.14. The fourth-order valence-electron chi connectivity index (χ4n) is 2.64. The summed E-state index contributed by atoms with van der Waals surface area (Å²) < 4.78 is 10.5. The molecular formula is C18H15N5O2S2. The van der Waals surface area contributed by atoms with Crippen molar-refractivity contribution in [3.63, 3.8) is 0 Å². The van der Waals surface area contributed by atoms with Gasteiger partial charge in [-0.25, -0.2) is 9.97 Å². The second kappa shape index (κ2) is 7.37. The van der Waals surface area contributed by atoms with Crippen LogP contribution in [-0.4, -0.2) is 32.3 Å². The quantitative estimate of drug-likeness (QED) is 0.552. The van der Waals surface area contributed by atoms with Gasteiger partial charge < -0.3 is 10.1 Å². The number of fused-ring (bicyclic) bond motifs is 1. The van der Waals surface area contributed by atoms with Crippen LogP contribution in [0.25, 0.3) is 10.2 Å². The van der Waals surface area contributed by atoms with Crippen LogP contribution >= 0.6 is 22.9 Å². The van der Waals surface area contributed by atoms with Gasteiger partial charge in [-0.15, -0.1) is 11.3 Å². The van der Waals surface area contributed by atoms with E-state index < -0.39 is 0 Å². The number of hydrogen-bond acceptors (Lipinski definition) is 8. The maximum Gasteiger partial charge on any atom is 0.258 e. The first-order chi connectivity index (χ1) is 13.1. The Morgan fingerprint density at radius 3 is 2.89 bits per heavy atom. The van der Waals surface area contributed by atoms with Crippen LogP contribution in [0.4, 0.5) is 5.69 Å². The number of aryl methyl sites for hydroxylation is 1. The van der Waals surface area contributed by atoms with Gasteiger partial charge in [0.2, 0.25) is 5.88 Å². The lowest BCUT2D eigenvalue weighted by molar-refractivity contribution is 0.102. The van der Waals surface area contributed by atoms with E-state index in [9.17, 15) is 4.79 Å².